The van der Waals surface area contributed by atoms with Gasteiger partial charge in [0.05, 0.1) is 16.8 Å². The first-order valence-electron chi connectivity index (χ1n) is 15.6. The highest BCUT2D eigenvalue weighted by molar-refractivity contribution is 7.93. The number of carbonyl (C=O) groups excluding carboxylic acids is 1. The monoisotopic (exact) mass is 668 g/mol. The second-order valence-electron chi connectivity index (χ2n) is 12.4. The minimum atomic E-state index is -3.71. The number of nitrogens with one attached hydrogen (secondary N) is 1. The molecule has 1 aliphatic rings. The molecule has 0 saturated carbocycles. The number of fused-ring (bicyclic) bond motifs is 1. The molecule has 1 amide bonds. The van der Waals surface area contributed by atoms with Crippen LogP contribution in [0.25, 0.3) is 22.3 Å². The quantitative estimate of drug-likeness (QED) is 0.171. The third-order valence-corrected chi connectivity index (χ3v) is 9.39. The number of amides is 1. The third kappa shape index (κ3) is 7.47. The number of sulfonamides is 1. The molecule has 1 fully saturated rings. The first-order valence-corrected chi connectivity index (χ1v) is 17.2. The minimum absolute atomic E-state index is 0.0373. The van der Waals surface area contributed by atoms with E-state index in [4.69, 9.17) is 18.6 Å². The molecule has 5 aromatic rings. The van der Waals surface area contributed by atoms with Crippen LogP contribution in [0.4, 0.5) is 16.2 Å². The lowest BCUT2D eigenvalue weighted by atomic mass is 10.1. The molecular weight excluding hydrogens is 632 g/mol. The minimum Gasteiger partial charge on any atom is -0.489 e. The second-order valence-corrected chi connectivity index (χ2v) is 14.4. The summed E-state index contributed by atoms with van der Waals surface area (Å²) in [6.07, 6.45) is -0.360. The van der Waals surface area contributed by atoms with Gasteiger partial charge in [0.2, 0.25) is 21.2 Å². The van der Waals surface area contributed by atoms with Crippen LogP contribution in [0.15, 0.2) is 106 Å². The van der Waals surface area contributed by atoms with Crippen LogP contribution in [0.1, 0.15) is 38.3 Å². The van der Waals surface area contributed by atoms with Crippen molar-refractivity contribution in [3.8, 4) is 22.8 Å². The van der Waals surface area contributed by atoms with E-state index in [1.807, 2.05) is 60.7 Å². The predicted molar refractivity (Wildman–Crippen MR) is 185 cm³/mol. The molecule has 1 saturated heterocycles. The molecule has 4 aromatic carbocycles. The van der Waals surface area contributed by atoms with Crippen LogP contribution in [-0.2, 0) is 28.0 Å². The number of rotatable bonds is 9. The summed E-state index contributed by atoms with van der Waals surface area (Å²) < 4.78 is 51.5. The van der Waals surface area contributed by atoms with Crippen molar-refractivity contribution in [2.24, 2.45) is 0 Å². The van der Waals surface area contributed by atoms with E-state index in [1.165, 1.54) is 16.4 Å². The Hall–Kier alpha value is -5.29. The summed E-state index contributed by atoms with van der Waals surface area (Å²) in [4.78, 5) is 27.1. The first kappa shape index (κ1) is 32.6. The number of hydrogen-bond acceptors (Lipinski definition) is 8. The van der Waals surface area contributed by atoms with Gasteiger partial charge in [-0.25, -0.2) is 13.2 Å². The molecule has 1 aromatic heterocycles. The van der Waals surface area contributed by atoms with Gasteiger partial charge in [-0.15, -0.1) is 0 Å². The van der Waals surface area contributed by atoms with Crippen molar-refractivity contribution < 1.29 is 31.8 Å². The van der Waals surface area contributed by atoms with Crippen molar-refractivity contribution in [3.63, 3.8) is 0 Å². The van der Waals surface area contributed by atoms with E-state index in [1.54, 1.807) is 45.0 Å². The van der Waals surface area contributed by atoms with Crippen LogP contribution in [0.5, 0.6) is 11.5 Å². The highest BCUT2D eigenvalue weighted by Gasteiger charge is 2.32. The Labute approximate surface area is 278 Å². The number of ether oxygens (including phenoxy) is 3. The Morgan fingerprint density at radius 2 is 1.50 bits per heavy atom. The Kier molecular flexibility index (Phi) is 9.14. The smallest absolute Gasteiger partial charge is 0.412 e. The Bertz CT molecular complexity index is 2090. The molecule has 0 spiro atoms. The van der Waals surface area contributed by atoms with Crippen LogP contribution < -0.4 is 24.5 Å². The van der Waals surface area contributed by atoms with Crippen molar-refractivity contribution in [1.82, 2.24) is 0 Å². The summed E-state index contributed by atoms with van der Waals surface area (Å²) in [5.41, 5.74) is 1.41. The molecule has 11 heteroatoms. The standard InChI is InChI=1S/C37H36N2O8S/c1-37(2,3)47-36(41)38-28-21-30-32(40)35(45-24-26-13-8-5-9-14-26)33(46-34(30)31(22-28)39-19-10-20-48(39,42)43)27-15-17-29(18-16-27)44-23-25-11-6-4-7-12-25/h4-9,11-18,21-22H,10,19-20,23-24H2,1-3H3,(H,38,41). The normalized spacial score (nSPS) is 14.1. The molecule has 1 N–H and O–H groups in total. The molecule has 1 aliphatic heterocycles. The van der Waals surface area contributed by atoms with Gasteiger partial charge in [0.25, 0.3) is 0 Å². The highest BCUT2D eigenvalue weighted by Crippen LogP contribution is 2.39. The third-order valence-electron chi connectivity index (χ3n) is 7.53. The molecule has 0 radical (unpaired) electrons. The zero-order valence-corrected chi connectivity index (χ0v) is 27.7. The average molecular weight is 669 g/mol. The maximum absolute atomic E-state index is 14.3. The van der Waals surface area contributed by atoms with Gasteiger partial charge in [-0.05, 0) is 74.7 Å². The summed E-state index contributed by atoms with van der Waals surface area (Å²) >= 11 is 0. The summed E-state index contributed by atoms with van der Waals surface area (Å²) in [5.74, 6) is 0.620. The summed E-state index contributed by atoms with van der Waals surface area (Å²) in [7, 11) is -3.71. The molecule has 2 heterocycles. The lowest BCUT2D eigenvalue weighted by Crippen LogP contribution is -2.28. The Morgan fingerprint density at radius 1 is 0.875 bits per heavy atom. The van der Waals surface area contributed by atoms with Crippen molar-refractivity contribution in [2.45, 2.75) is 46.0 Å². The fraction of sp³-hybridized carbons (Fsp3) is 0.243. The zero-order valence-electron chi connectivity index (χ0n) is 26.9. The largest absolute Gasteiger partial charge is 0.489 e. The zero-order chi connectivity index (χ0) is 33.9. The van der Waals surface area contributed by atoms with E-state index < -0.39 is 27.1 Å². The number of hydrogen-bond donors (Lipinski definition) is 1. The molecule has 0 aliphatic carbocycles. The van der Waals surface area contributed by atoms with Crippen molar-refractivity contribution in [1.29, 1.82) is 0 Å². The molecule has 0 atom stereocenters. The number of anilines is 2. The van der Waals surface area contributed by atoms with Crippen molar-refractivity contribution in [2.75, 3.05) is 21.9 Å². The Morgan fingerprint density at radius 3 is 2.08 bits per heavy atom. The van der Waals surface area contributed by atoms with Crippen molar-refractivity contribution in [3.05, 3.63) is 118 Å². The molecule has 6 rings (SSSR count). The predicted octanol–water partition coefficient (Wildman–Crippen LogP) is 7.50. The summed E-state index contributed by atoms with van der Waals surface area (Å²) in [6, 6.07) is 29.1. The van der Waals surface area contributed by atoms with Gasteiger partial charge in [-0.1, -0.05) is 60.7 Å². The lowest BCUT2D eigenvalue weighted by Gasteiger charge is -2.22. The van der Waals surface area contributed by atoms with Gasteiger partial charge in [0, 0.05) is 17.8 Å². The summed E-state index contributed by atoms with van der Waals surface area (Å²) in [5, 5.41) is 2.68. The fourth-order valence-corrected chi connectivity index (χ4v) is 6.90. The SMILES string of the molecule is CC(C)(C)OC(=O)Nc1cc(N2CCCS2(=O)=O)c2oc(-c3ccc(OCc4ccccc4)cc3)c(OCc3ccccc3)c(=O)c2c1. The number of benzene rings is 4. The molecule has 248 valence electrons. The van der Waals surface area contributed by atoms with Gasteiger partial charge in [0.15, 0.2) is 11.3 Å². The van der Waals surface area contributed by atoms with E-state index >= 15 is 0 Å². The van der Waals surface area contributed by atoms with E-state index in [0.29, 0.717) is 24.3 Å². The fourth-order valence-electron chi connectivity index (χ4n) is 5.35. The lowest BCUT2D eigenvalue weighted by molar-refractivity contribution is 0.0636. The van der Waals surface area contributed by atoms with Crippen LogP contribution in [0, 0.1) is 0 Å². The van der Waals surface area contributed by atoms with E-state index in [2.05, 4.69) is 5.32 Å². The van der Waals surface area contributed by atoms with Gasteiger partial charge in [0.1, 0.15) is 24.6 Å². The maximum atomic E-state index is 14.3. The van der Waals surface area contributed by atoms with Crippen LogP contribution in [0.3, 0.4) is 0 Å². The molecular formula is C37H36N2O8S. The molecule has 10 nitrogen and oxygen atoms in total. The molecule has 48 heavy (non-hydrogen) atoms. The van der Waals surface area contributed by atoms with Crippen LogP contribution in [0.2, 0.25) is 0 Å². The first-order chi connectivity index (χ1) is 23.0. The van der Waals surface area contributed by atoms with Gasteiger partial charge < -0.3 is 18.6 Å². The van der Waals surface area contributed by atoms with Crippen LogP contribution >= 0.6 is 0 Å². The van der Waals surface area contributed by atoms with E-state index in [-0.39, 0.29) is 52.8 Å². The van der Waals surface area contributed by atoms with Gasteiger partial charge in [-0.2, -0.15) is 0 Å². The molecule has 0 bridgehead atoms. The summed E-state index contributed by atoms with van der Waals surface area (Å²) in [6.45, 7) is 5.82. The van der Waals surface area contributed by atoms with Gasteiger partial charge >= 0.3 is 6.09 Å². The number of nitrogens with zero attached hydrogens (tertiary/aromatic N) is 1. The van der Waals surface area contributed by atoms with Gasteiger partial charge in [-0.3, -0.25) is 14.4 Å². The topological polar surface area (TPSA) is 124 Å². The average Bonchev–Trinajstić information content (AvgIpc) is 3.42. The highest BCUT2D eigenvalue weighted by atomic mass is 32.2. The van der Waals surface area contributed by atoms with Crippen molar-refractivity contribution >= 4 is 38.5 Å². The van der Waals surface area contributed by atoms with E-state index in [9.17, 15) is 18.0 Å². The molecule has 0 unspecified atom stereocenters. The second kappa shape index (κ2) is 13.4. The number of carbonyl (C=O) groups is 1. The Balaban J connectivity index is 1.47. The van der Waals surface area contributed by atoms with Crippen LogP contribution in [-0.4, -0.2) is 32.4 Å². The maximum Gasteiger partial charge on any atom is 0.412 e. The van der Waals surface area contributed by atoms with E-state index in [0.717, 1.165) is 11.1 Å².